The molecule has 0 aliphatic heterocycles. The van der Waals surface area contributed by atoms with Crippen LogP contribution in [0.15, 0.2) is 29.2 Å². The van der Waals surface area contributed by atoms with Crippen LogP contribution in [0.25, 0.3) is 0 Å². The normalized spacial score (nSPS) is 13.2. The number of nitrogens with one attached hydrogen (secondary N) is 1. The lowest BCUT2D eigenvalue weighted by molar-refractivity contribution is 0.254. The number of aliphatic hydroxyl groups excluding tert-OH is 1. The molecule has 0 bridgehead atoms. The fourth-order valence-electron chi connectivity index (χ4n) is 1.47. The van der Waals surface area contributed by atoms with E-state index in [4.69, 9.17) is 9.84 Å². The predicted molar refractivity (Wildman–Crippen MR) is 73.7 cm³/mol. The Kier molecular flexibility index (Phi) is 6.27. The van der Waals surface area contributed by atoms with Crippen LogP contribution in [0, 0.1) is 0 Å². The fourth-order valence-corrected chi connectivity index (χ4v) is 2.78. The van der Waals surface area contributed by atoms with Crippen LogP contribution < -0.4 is 9.46 Å². The van der Waals surface area contributed by atoms with E-state index in [9.17, 15) is 8.42 Å². The molecule has 0 fully saturated rings. The van der Waals surface area contributed by atoms with Gasteiger partial charge >= 0.3 is 0 Å². The van der Waals surface area contributed by atoms with Crippen LogP contribution in [0.2, 0.25) is 0 Å². The van der Waals surface area contributed by atoms with Crippen LogP contribution in [0.4, 0.5) is 0 Å². The largest absolute Gasteiger partial charge is 0.494 e. The van der Waals surface area contributed by atoms with E-state index in [2.05, 4.69) is 4.72 Å². The van der Waals surface area contributed by atoms with Gasteiger partial charge in [-0.1, -0.05) is 13.8 Å². The number of rotatable bonds is 8. The molecule has 0 aromatic heterocycles. The van der Waals surface area contributed by atoms with Gasteiger partial charge < -0.3 is 9.84 Å². The molecule has 0 aliphatic carbocycles. The fraction of sp³-hybridized carbons (Fsp3) is 0.538. The van der Waals surface area contributed by atoms with E-state index in [1.807, 2.05) is 13.8 Å². The lowest BCUT2D eigenvalue weighted by atomic mass is 10.3. The van der Waals surface area contributed by atoms with E-state index in [-0.39, 0.29) is 11.5 Å². The minimum atomic E-state index is -3.59. The van der Waals surface area contributed by atoms with Gasteiger partial charge in [0, 0.05) is 6.04 Å². The Morgan fingerprint density at radius 2 is 1.89 bits per heavy atom. The summed E-state index contributed by atoms with van der Waals surface area (Å²) in [5, 5.41) is 9.03. The van der Waals surface area contributed by atoms with Crippen molar-refractivity contribution in [1.29, 1.82) is 0 Å². The summed E-state index contributed by atoms with van der Waals surface area (Å²) in [5.41, 5.74) is 0. The average Bonchev–Trinajstić information content (AvgIpc) is 2.43. The highest BCUT2D eigenvalue weighted by Gasteiger charge is 2.18. The summed E-state index contributed by atoms with van der Waals surface area (Å²) in [4.78, 5) is 0.170. The van der Waals surface area contributed by atoms with Crippen molar-refractivity contribution in [3.05, 3.63) is 24.3 Å². The van der Waals surface area contributed by atoms with Crippen LogP contribution in [0.5, 0.6) is 5.75 Å². The first-order valence-electron chi connectivity index (χ1n) is 6.39. The van der Waals surface area contributed by atoms with Gasteiger partial charge in [0.2, 0.25) is 10.0 Å². The summed E-state index contributed by atoms with van der Waals surface area (Å²) in [6.07, 6.45) is 1.43. The molecule has 0 heterocycles. The topological polar surface area (TPSA) is 75.6 Å². The molecular weight excluding hydrogens is 266 g/mol. The van der Waals surface area contributed by atoms with Gasteiger partial charge in [0.1, 0.15) is 5.75 Å². The molecule has 0 aliphatic rings. The summed E-state index contributed by atoms with van der Waals surface area (Å²) < 4.78 is 31.9. The van der Waals surface area contributed by atoms with Gasteiger partial charge in [0.15, 0.2) is 0 Å². The number of aliphatic hydroxyl groups is 1. The highest BCUT2D eigenvalue weighted by molar-refractivity contribution is 7.89. The van der Waals surface area contributed by atoms with Gasteiger partial charge in [0.05, 0.1) is 18.1 Å². The van der Waals surface area contributed by atoms with Crippen molar-refractivity contribution in [3.8, 4) is 5.75 Å². The molecule has 0 amide bonds. The van der Waals surface area contributed by atoms with Crippen LogP contribution in [0.3, 0.4) is 0 Å². The molecule has 0 spiro atoms. The molecule has 19 heavy (non-hydrogen) atoms. The van der Waals surface area contributed by atoms with Crippen molar-refractivity contribution in [2.24, 2.45) is 0 Å². The van der Waals surface area contributed by atoms with E-state index in [0.717, 1.165) is 6.42 Å². The van der Waals surface area contributed by atoms with Crippen molar-refractivity contribution >= 4 is 10.0 Å². The summed E-state index contributed by atoms with van der Waals surface area (Å²) in [6, 6.07) is 5.80. The first-order valence-corrected chi connectivity index (χ1v) is 7.87. The van der Waals surface area contributed by atoms with Crippen molar-refractivity contribution in [2.75, 3.05) is 13.2 Å². The zero-order valence-corrected chi connectivity index (χ0v) is 12.1. The molecule has 1 atom stereocenters. The molecule has 1 unspecified atom stereocenters. The monoisotopic (exact) mass is 287 g/mol. The van der Waals surface area contributed by atoms with Crippen LogP contribution in [0.1, 0.15) is 26.7 Å². The van der Waals surface area contributed by atoms with Crippen molar-refractivity contribution in [2.45, 2.75) is 37.6 Å². The Bertz CT molecular complexity index is 466. The van der Waals surface area contributed by atoms with Gasteiger partial charge in [0.25, 0.3) is 0 Å². The number of ether oxygens (including phenoxy) is 1. The second-order valence-electron chi connectivity index (χ2n) is 4.23. The predicted octanol–water partition coefficient (Wildman–Crippen LogP) is 1.52. The molecule has 1 rings (SSSR count). The Morgan fingerprint density at radius 3 is 2.37 bits per heavy atom. The van der Waals surface area contributed by atoms with Crippen molar-refractivity contribution < 1.29 is 18.3 Å². The van der Waals surface area contributed by atoms with E-state index in [1.165, 1.54) is 12.1 Å². The van der Waals surface area contributed by atoms with Crippen molar-refractivity contribution in [1.82, 2.24) is 4.72 Å². The van der Waals surface area contributed by atoms with Gasteiger partial charge in [-0.25, -0.2) is 13.1 Å². The second-order valence-corrected chi connectivity index (χ2v) is 5.94. The number of sulfonamides is 1. The summed E-state index contributed by atoms with van der Waals surface area (Å²) in [7, 11) is -3.59. The Hall–Kier alpha value is -1.11. The molecule has 2 N–H and O–H groups in total. The van der Waals surface area contributed by atoms with Crippen LogP contribution in [-0.2, 0) is 10.0 Å². The molecule has 5 nitrogen and oxygen atoms in total. The van der Waals surface area contributed by atoms with E-state index in [0.29, 0.717) is 18.8 Å². The average molecular weight is 287 g/mol. The zero-order valence-electron chi connectivity index (χ0n) is 11.3. The SMILES string of the molecule is CCCOc1ccc(S(=O)(=O)NC(CC)CO)cc1. The maximum atomic E-state index is 12.0. The third kappa shape index (κ3) is 4.81. The van der Waals surface area contributed by atoms with Gasteiger partial charge in [-0.2, -0.15) is 0 Å². The third-order valence-electron chi connectivity index (χ3n) is 2.64. The first kappa shape index (κ1) is 15.9. The first-order chi connectivity index (χ1) is 9.03. The maximum Gasteiger partial charge on any atom is 0.240 e. The van der Waals surface area contributed by atoms with Crippen molar-refractivity contribution in [3.63, 3.8) is 0 Å². The second kappa shape index (κ2) is 7.47. The molecule has 108 valence electrons. The minimum Gasteiger partial charge on any atom is -0.494 e. The molecule has 1 aromatic rings. The maximum absolute atomic E-state index is 12.0. The van der Waals surface area contributed by atoms with Gasteiger partial charge in [-0.15, -0.1) is 0 Å². The standard InChI is InChI=1S/C13H21NO4S/c1-3-9-18-12-5-7-13(8-6-12)19(16,17)14-11(4-2)10-15/h5-8,11,14-15H,3-4,9-10H2,1-2H3. The zero-order chi connectivity index (χ0) is 14.3. The summed E-state index contributed by atoms with van der Waals surface area (Å²) in [5.74, 6) is 0.648. The molecule has 0 radical (unpaired) electrons. The lowest BCUT2D eigenvalue weighted by Crippen LogP contribution is -2.36. The van der Waals surface area contributed by atoms with Crippen LogP contribution >= 0.6 is 0 Å². The highest BCUT2D eigenvalue weighted by atomic mass is 32.2. The molecular formula is C13H21NO4S. The number of hydrogen-bond acceptors (Lipinski definition) is 4. The molecule has 1 aromatic carbocycles. The highest BCUT2D eigenvalue weighted by Crippen LogP contribution is 2.16. The smallest absolute Gasteiger partial charge is 0.240 e. The van der Waals surface area contributed by atoms with E-state index < -0.39 is 16.1 Å². The molecule has 0 saturated heterocycles. The third-order valence-corrected chi connectivity index (χ3v) is 4.18. The summed E-state index contributed by atoms with van der Waals surface area (Å²) in [6.45, 7) is 4.20. The number of hydrogen-bond donors (Lipinski definition) is 2. The quantitative estimate of drug-likeness (QED) is 0.760. The Balaban J connectivity index is 2.78. The summed E-state index contributed by atoms with van der Waals surface area (Å²) >= 11 is 0. The number of benzene rings is 1. The molecule has 0 saturated carbocycles. The minimum absolute atomic E-state index is 0.170. The van der Waals surface area contributed by atoms with Gasteiger partial charge in [-0.05, 0) is 37.1 Å². The van der Waals surface area contributed by atoms with Crippen LogP contribution in [-0.4, -0.2) is 32.8 Å². The van der Waals surface area contributed by atoms with E-state index in [1.54, 1.807) is 12.1 Å². The Labute approximate surface area is 114 Å². The lowest BCUT2D eigenvalue weighted by Gasteiger charge is -2.14. The molecule has 6 heteroatoms. The van der Waals surface area contributed by atoms with E-state index >= 15 is 0 Å². The Morgan fingerprint density at radius 1 is 1.26 bits per heavy atom. The van der Waals surface area contributed by atoms with Gasteiger partial charge in [-0.3, -0.25) is 0 Å².